The van der Waals surface area contributed by atoms with Crippen molar-refractivity contribution in [2.45, 2.75) is 24.4 Å². The van der Waals surface area contributed by atoms with Gasteiger partial charge in [-0.15, -0.1) is 0 Å². The fourth-order valence-corrected chi connectivity index (χ4v) is 4.93. The highest BCUT2D eigenvalue weighted by Gasteiger charge is 2.54. The molecular weight excluding hydrogens is 397 g/mol. The highest BCUT2D eigenvalue weighted by molar-refractivity contribution is 5.79. The van der Waals surface area contributed by atoms with Crippen LogP contribution in [0.2, 0.25) is 0 Å². The van der Waals surface area contributed by atoms with Crippen LogP contribution in [0.4, 0.5) is 10.1 Å². The second-order valence-electron chi connectivity index (χ2n) is 8.39. The van der Waals surface area contributed by atoms with Gasteiger partial charge < -0.3 is 19.1 Å². The number of methoxy groups -OCH3 is 2. The van der Waals surface area contributed by atoms with E-state index >= 15 is 0 Å². The zero-order valence-electron chi connectivity index (χ0n) is 18.4. The molecule has 2 aliphatic rings. The molecule has 5 nitrogen and oxygen atoms in total. The van der Waals surface area contributed by atoms with Crippen molar-refractivity contribution in [1.82, 2.24) is 0 Å². The van der Waals surface area contributed by atoms with Gasteiger partial charge in [0.2, 0.25) is 0 Å². The lowest BCUT2D eigenvalue weighted by atomic mass is 9.79. The molecule has 1 unspecified atom stereocenters. The van der Waals surface area contributed by atoms with Gasteiger partial charge in [0.25, 0.3) is 0 Å². The summed E-state index contributed by atoms with van der Waals surface area (Å²) in [6.07, 6.45) is 3.47. The number of anilines is 1. The smallest absolute Gasteiger partial charge is 0.309 e. The average Bonchev–Trinajstić information content (AvgIpc) is 3.37. The summed E-state index contributed by atoms with van der Waals surface area (Å²) in [5.74, 6) is -0.386. The number of rotatable bonds is 5. The third kappa shape index (κ3) is 3.81. The fraction of sp³-hybridized carbons (Fsp3) is 0.400. The first-order valence-electron chi connectivity index (χ1n) is 10.4. The van der Waals surface area contributed by atoms with Gasteiger partial charge in [-0.3, -0.25) is 4.79 Å². The van der Waals surface area contributed by atoms with Gasteiger partial charge in [-0.2, -0.15) is 0 Å². The average molecular weight is 426 g/mol. The lowest BCUT2D eigenvalue weighted by molar-refractivity contribution is -0.146. The number of hydrogen-bond acceptors (Lipinski definition) is 5. The van der Waals surface area contributed by atoms with Crippen LogP contribution in [0, 0.1) is 11.7 Å². The number of carbonyl (C=O) groups excluding carboxylic acids is 1. The molecule has 6 heteroatoms. The number of ether oxygens (including phenoxy) is 3. The van der Waals surface area contributed by atoms with Crippen molar-refractivity contribution in [2.24, 2.45) is 5.92 Å². The number of halogens is 1. The molecule has 0 radical (unpaired) electrons. The van der Waals surface area contributed by atoms with Crippen LogP contribution in [0.3, 0.4) is 0 Å². The van der Waals surface area contributed by atoms with Crippen molar-refractivity contribution in [3.63, 3.8) is 0 Å². The molecule has 164 valence electrons. The molecule has 2 aromatic rings. The van der Waals surface area contributed by atoms with E-state index in [9.17, 15) is 9.18 Å². The maximum atomic E-state index is 13.6. The molecule has 1 fully saturated rings. The van der Waals surface area contributed by atoms with Crippen LogP contribution in [0.25, 0.3) is 5.57 Å². The van der Waals surface area contributed by atoms with Crippen LogP contribution >= 0.6 is 0 Å². The Labute approximate surface area is 182 Å². The molecule has 1 saturated carbocycles. The van der Waals surface area contributed by atoms with E-state index in [1.165, 1.54) is 19.2 Å². The van der Waals surface area contributed by atoms with Gasteiger partial charge in [0, 0.05) is 31.3 Å². The van der Waals surface area contributed by atoms with Crippen LogP contribution in [-0.4, -0.2) is 46.5 Å². The minimum absolute atomic E-state index is 0.249. The Bertz CT molecular complexity index is 1000. The Balaban J connectivity index is 1.78. The van der Waals surface area contributed by atoms with Crippen molar-refractivity contribution in [1.29, 1.82) is 0 Å². The quantitative estimate of drug-likeness (QED) is 0.664. The first-order valence-corrected chi connectivity index (χ1v) is 10.4. The second kappa shape index (κ2) is 8.35. The van der Waals surface area contributed by atoms with Gasteiger partial charge in [0.05, 0.1) is 32.3 Å². The summed E-state index contributed by atoms with van der Waals surface area (Å²) in [4.78, 5) is 14.6. The van der Waals surface area contributed by atoms with Crippen LogP contribution in [-0.2, 0) is 14.3 Å². The minimum atomic E-state index is -0.648. The fourth-order valence-electron chi connectivity index (χ4n) is 4.93. The summed E-state index contributed by atoms with van der Waals surface area (Å²) in [6.45, 7) is 0.416. The summed E-state index contributed by atoms with van der Waals surface area (Å²) in [6, 6.07) is 12.4. The number of benzene rings is 2. The zero-order valence-corrected chi connectivity index (χ0v) is 18.4. The summed E-state index contributed by atoms with van der Waals surface area (Å²) < 4.78 is 30.7. The molecule has 0 N–H and O–H groups in total. The summed E-state index contributed by atoms with van der Waals surface area (Å²) in [7, 11) is 7.05. The van der Waals surface area contributed by atoms with Crippen LogP contribution in [0.5, 0.6) is 5.75 Å². The summed E-state index contributed by atoms with van der Waals surface area (Å²) >= 11 is 0. The van der Waals surface area contributed by atoms with E-state index in [-0.39, 0.29) is 23.6 Å². The third-order valence-corrected chi connectivity index (χ3v) is 6.47. The largest absolute Gasteiger partial charge is 0.496 e. The molecule has 0 aromatic heterocycles. The van der Waals surface area contributed by atoms with Crippen molar-refractivity contribution < 1.29 is 23.4 Å². The van der Waals surface area contributed by atoms with E-state index < -0.39 is 5.60 Å². The predicted octanol–water partition coefficient (Wildman–Crippen LogP) is 4.42. The molecule has 31 heavy (non-hydrogen) atoms. The van der Waals surface area contributed by atoms with Gasteiger partial charge >= 0.3 is 5.97 Å². The Hall–Kier alpha value is -2.86. The normalized spacial score (nSPS) is 24.9. The van der Waals surface area contributed by atoms with Crippen molar-refractivity contribution in [3.05, 3.63) is 65.5 Å². The van der Waals surface area contributed by atoms with E-state index in [2.05, 4.69) is 12.1 Å². The number of hydrogen-bond donors (Lipinski definition) is 0. The molecule has 0 amide bonds. The lowest BCUT2D eigenvalue weighted by Gasteiger charge is -2.31. The SMILES string of the molecule is COC(=O)C1CC[C@@]2(C=C(c3cc(N(C)C)ccc3OC)CO2)[C@@H]1c1ccc(F)cc1. The van der Waals surface area contributed by atoms with Gasteiger partial charge in [0.1, 0.15) is 11.6 Å². The molecule has 1 heterocycles. The summed E-state index contributed by atoms with van der Waals surface area (Å²) in [5, 5.41) is 0. The molecule has 0 bridgehead atoms. The minimum Gasteiger partial charge on any atom is -0.496 e. The first-order chi connectivity index (χ1) is 14.9. The van der Waals surface area contributed by atoms with Crippen molar-refractivity contribution >= 4 is 17.2 Å². The third-order valence-electron chi connectivity index (χ3n) is 6.47. The zero-order chi connectivity index (χ0) is 22.2. The van der Waals surface area contributed by atoms with E-state index in [1.807, 2.05) is 31.1 Å². The Morgan fingerprint density at radius 2 is 1.90 bits per heavy atom. The Morgan fingerprint density at radius 3 is 2.55 bits per heavy atom. The van der Waals surface area contributed by atoms with E-state index in [0.29, 0.717) is 19.4 Å². The van der Waals surface area contributed by atoms with Crippen molar-refractivity contribution in [2.75, 3.05) is 39.8 Å². The van der Waals surface area contributed by atoms with Crippen LogP contribution in [0.15, 0.2) is 48.5 Å². The number of nitrogens with zero attached hydrogens (tertiary/aromatic N) is 1. The van der Waals surface area contributed by atoms with E-state index in [0.717, 1.165) is 28.1 Å². The highest BCUT2D eigenvalue weighted by atomic mass is 19.1. The molecular formula is C25H28FNO4. The van der Waals surface area contributed by atoms with E-state index in [1.54, 1.807) is 19.2 Å². The molecule has 3 atom stereocenters. The van der Waals surface area contributed by atoms with Crippen LogP contribution < -0.4 is 9.64 Å². The molecule has 4 rings (SSSR count). The van der Waals surface area contributed by atoms with Gasteiger partial charge in [0.15, 0.2) is 0 Å². The second-order valence-corrected chi connectivity index (χ2v) is 8.39. The molecule has 1 spiro atoms. The number of esters is 1. The lowest BCUT2D eigenvalue weighted by Crippen LogP contribution is -2.34. The monoisotopic (exact) mass is 425 g/mol. The van der Waals surface area contributed by atoms with Gasteiger partial charge in [-0.05, 0) is 60.4 Å². The van der Waals surface area contributed by atoms with E-state index in [4.69, 9.17) is 14.2 Å². The van der Waals surface area contributed by atoms with Gasteiger partial charge in [-0.1, -0.05) is 12.1 Å². The standard InChI is InChI=1S/C25H28FNO4/c1-27(2)19-9-10-22(29-3)21(13-19)17-14-25(31-15-17)12-11-20(24(28)30-4)23(25)16-5-7-18(26)8-6-16/h5-10,13-14,20,23H,11-12,15H2,1-4H3/t20?,23-,25-/m1/s1. The maximum absolute atomic E-state index is 13.6. The molecule has 0 saturated heterocycles. The Morgan fingerprint density at radius 1 is 1.16 bits per heavy atom. The summed E-state index contributed by atoms with van der Waals surface area (Å²) in [5.41, 5.74) is 3.29. The molecule has 1 aliphatic heterocycles. The topological polar surface area (TPSA) is 48.0 Å². The number of carbonyl (C=O) groups is 1. The molecule has 2 aromatic carbocycles. The van der Waals surface area contributed by atoms with Crippen LogP contribution in [0.1, 0.15) is 29.9 Å². The maximum Gasteiger partial charge on any atom is 0.309 e. The highest BCUT2D eigenvalue weighted by Crippen LogP contribution is 2.54. The van der Waals surface area contributed by atoms with Gasteiger partial charge in [-0.25, -0.2) is 4.39 Å². The predicted molar refractivity (Wildman–Crippen MR) is 118 cm³/mol. The molecule has 1 aliphatic carbocycles. The first kappa shape index (κ1) is 21.4. The Kier molecular flexibility index (Phi) is 5.75. The van der Waals surface area contributed by atoms with Crippen molar-refractivity contribution in [3.8, 4) is 5.75 Å².